The number of ether oxygens (including phenoxy) is 1. The van der Waals surface area contributed by atoms with E-state index in [1.165, 1.54) is 5.56 Å². The fourth-order valence-corrected chi connectivity index (χ4v) is 1.86. The molecule has 0 heterocycles. The second kappa shape index (κ2) is 3.50. The van der Waals surface area contributed by atoms with E-state index in [2.05, 4.69) is 13.0 Å². The van der Waals surface area contributed by atoms with E-state index in [0.29, 0.717) is 5.02 Å². The van der Waals surface area contributed by atoms with Crippen molar-refractivity contribution in [3.8, 4) is 5.75 Å². The molecule has 0 fully saturated rings. The zero-order valence-electron chi connectivity index (χ0n) is 8.17. The van der Waals surface area contributed by atoms with Crippen molar-refractivity contribution in [1.29, 1.82) is 0 Å². The van der Waals surface area contributed by atoms with Crippen LogP contribution in [0.2, 0.25) is 5.02 Å². The van der Waals surface area contributed by atoms with Gasteiger partial charge in [0.15, 0.2) is 0 Å². The summed E-state index contributed by atoms with van der Waals surface area (Å²) in [6.45, 7) is 2.07. The van der Waals surface area contributed by atoms with E-state index < -0.39 is 0 Å². The van der Waals surface area contributed by atoms with Crippen molar-refractivity contribution in [2.24, 2.45) is 0 Å². The average molecular weight is 207 g/mol. The van der Waals surface area contributed by atoms with Crippen molar-refractivity contribution in [3.05, 3.63) is 40.9 Å². The van der Waals surface area contributed by atoms with Crippen molar-refractivity contribution in [2.45, 2.75) is 6.92 Å². The van der Waals surface area contributed by atoms with Crippen LogP contribution in [0.15, 0.2) is 30.3 Å². The van der Waals surface area contributed by atoms with Gasteiger partial charge in [-0.05, 0) is 18.4 Å². The first-order valence-corrected chi connectivity index (χ1v) is 4.83. The molecule has 0 aliphatic heterocycles. The standard InChI is InChI=1S/C12H11ClO/c1-8-3-5-10-9(7-8)4-6-11(14-2)12(10)13/h3-7H,1-2H3. The van der Waals surface area contributed by atoms with E-state index in [-0.39, 0.29) is 0 Å². The first kappa shape index (κ1) is 9.35. The van der Waals surface area contributed by atoms with Gasteiger partial charge in [-0.3, -0.25) is 0 Å². The minimum atomic E-state index is 0.685. The highest BCUT2D eigenvalue weighted by molar-refractivity contribution is 6.37. The summed E-state index contributed by atoms with van der Waals surface area (Å²) >= 11 is 6.17. The average Bonchev–Trinajstić information content (AvgIpc) is 2.18. The molecule has 0 saturated carbocycles. The van der Waals surface area contributed by atoms with Crippen molar-refractivity contribution in [1.82, 2.24) is 0 Å². The van der Waals surface area contributed by atoms with Crippen molar-refractivity contribution in [3.63, 3.8) is 0 Å². The number of rotatable bonds is 1. The SMILES string of the molecule is COc1ccc2cc(C)ccc2c1Cl. The zero-order valence-corrected chi connectivity index (χ0v) is 8.93. The summed E-state index contributed by atoms with van der Waals surface area (Å²) in [5.41, 5.74) is 1.23. The van der Waals surface area contributed by atoms with Crippen LogP contribution in [0.3, 0.4) is 0 Å². The highest BCUT2D eigenvalue weighted by Crippen LogP contribution is 2.32. The van der Waals surface area contributed by atoms with Crippen LogP contribution in [0.4, 0.5) is 0 Å². The molecule has 0 aliphatic carbocycles. The van der Waals surface area contributed by atoms with Crippen molar-refractivity contribution in [2.75, 3.05) is 7.11 Å². The maximum absolute atomic E-state index is 6.17. The summed E-state index contributed by atoms with van der Waals surface area (Å²) in [5, 5.41) is 2.87. The molecule has 0 aliphatic rings. The van der Waals surface area contributed by atoms with Gasteiger partial charge in [0.05, 0.1) is 12.1 Å². The maximum atomic E-state index is 6.17. The van der Waals surface area contributed by atoms with E-state index in [9.17, 15) is 0 Å². The molecule has 1 nitrogen and oxygen atoms in total. The third kappa shape index (κ3) is 1.44. The molecule has 0 spiro atoms. The smallest absolute Gasteiger partial charge is 0.138 e. The number of fused-ring (bicyclic) bond motifs is 1. The van der Waals surface area contributed by atoms with E-state index in [4.69, 9.17) is 16.3 Å². The molecule has 14 heavy (non-hydrogen) atoms. The summed E-state index contributed by atoms with van der Waals surface area (Å²) in [4.78, 5) is 0. The highest BCUT2D eigenvalue weighted by Gasteiger charge is 2.04. The molecule has 0 aromatic heterocycles. The van der Waals surface area contributed by atoms with Gasteiger partial charge in [0.25, 0.3) is 0 Å². The first-order valence-electron chi connectivity index (χ1n) is 4.45. The number of methoxy groups -OCH3 is 1. The molecule has 2 aromatic carbocycles. The fourth-order valence-electron chi connectivity index (χ4n) is 1.55. The molecule has 2 aromatic rings. The minimum Gasteiger partial charge on any atom is -0.495 e. The topological polar surface area (TPSA) is 9.23 Å². The van der Waals surface area contributed by atoms with Gasteiger partial charge >= 0.3 is 0 Å². The van der Waals surface area contributed by atoms with Gasteiger partial charge in [-0.1, -0.05) is 41.4 Å². The molecule has 0 atom stereocenters. The summed E-state index contributed by atoms with van der Waals surface area (Å²) < 4.78 is 5.15. The fraction of sp³-hybridized carbons (Fsp3) is 0.167. The van der Waals surface area contributed by atoms with Gasteiger partial charge in [-0.25, -0.2) is 0 Å². The van der Waals surface area contributed by atoms with E-state index in [1.54, 1.807) is 7.11 Å². The van der Waals surface area contributed by atoms with Gasteiger partial charge in [-0.2, -0.15) is 0 Å². The number of halogens is 1. The summed E-state index contributed by atoms with van der Waals surface area (Å²) in [5.74, 6) is 0.725. The predicted octanol–water partition coefficient (Wildman–Crippen LogP) is 3.81. The molecule has 72 valence electrons. The molecule has 0 saturated heterocycles. The quantitative estimate of drug-likeness (QED) is 0.690. The Morgan fingerprint density at radius 3 is 2.64 bits per heavy atom. The lowest BCUT2D eigenvalue weighted by Crippen LogP contribution is -1.85. The van der Waals surface area contributed by atoms with Crippen LogP contribution in [0.25, 0.3) is 10.8 Å². The van der Waals surface area contributed by atoms with Gasteiger partial charge in [0, 0.05) is 5.39 Å². The third-order valence-corrected chi connectivity index (χ3v) is 2.68. The van der Waals surface area contributed by atoms with Crippen LogP contribution in [0, 0.1) is 6.92 Å². The normalized spacial score (nSPS) is 10.5. The molecular weight excluding hydrogens is 196 g/mol. The van der Waals surface area contributed by atoms with Gasteiger partial charge in [0.1, 0.15) is 5.75 Å². The number of hydrogen-bond acceptors (Lipinski definition) is 1. The Labute approximate surface area is 88.3 Å². The molecule has 2 heteroatoms. The van der Waals surface area contributed by atoms with Gasteiger partial charge < -0.3 is 4.74 Å². The Bertz CT molecular complexity index is 477. The van der Waals surface area contributed by atoms with Crippen molar-refractivity contribution >= 4 is 22.4 Å². The van der Waals surface area contributed by atoms with Gasteiger partial charge in [0.2, 0.25) is 0 Å². The number of aryl methyl sites for hydroxylation is 1. The zero-order chi connectivity index (χ0) is 10.1. The Hall–Kier alpha value is -1.21. The first-order chi connectivity index (χ1) is 6.72. The van der Waals surface area contributed by atoms with Crippen LogP contribution in [-0.2, 0) is 0 Å². The van der Waals surface area contributed by atoms with Crippen LogP contribution in [-0.4, -0.2) is 7.11 Å². The second-order valence-electron chi connectivity index (χ2n) is 3.31. The minimum absolute atomic E-state index is 0.685. The molecule has 0 bridgehead atoms. The van der Waals surface area contributed by atoms with Crippen LogP contribution in [0.1, 0.15) is 5.56 Å². The monoisotopic (exact) mass is 206 g/mol. The predicted molar refractivity (Wildman–Crippen MR) is 60.2 cm³/mol. The number of benzene rings is 2. The summed E-state index contributed by atoms with van der Waals surface area (Å²) in [7, 11) is 1.63. The Morgan fingerprint density at radius 2 is 1.93 bits per heavy atom. The molecule has 0 N–H and O–H groups in total. The highest BCUT2D eigenvalue weighted by atomic mass is 35.5. The molecular formula is C12H11ClO. The molecule has 0 amide bonds. The lowest BCUT2D eigenvalue weighted by atomic mass is 10.1. The maximum Gasteiger partial charge on any atom is 0.138 e. The van der Waals surface area contributed by atoms with E-state index in [0.717, 1.165) is 16.5 Å². The Balaban J connectivity index is 2.77. The van der Waals surface area contributed by atoms with Gasteiger partial charge in [-0.15, -0.1) is 0 Å². The Morgan fingerprint density at radius 1 is 1.14 bits per heavy atom. The van der Waals surface area contributed by atoms with E-state index >= 15 is 0 Å². The lowest BCUT2D eigenvalue weighted by Gasteiger charge is -2.06. The van der Waals surface area contributed by atoms with Crippen LogP contribution in [0.5, 0.6) is 5.75 Å². The Kier molecular flexibility index (Phi) is 2.34. The molecule has 0 radical (unpaired) electrons. The number of hydrogen-bond donors (Lipinski definition) is 0. The third-order valence-electron chi connectivity index (χ3n) is 2.29. The lowest BCUT2D eigenvalue weighted by molar-refractivity contribution is 0.415. The largest absolute Gasteiger partial charge is 0.495 e. The van der Waals surface area contributed by atoms with Crippen LogP contribution >= 0.6 is 11.6 Å². The molecule has 2 rings (SSSR count). The van der Waals surface area contributed by atoms with Crippen molar-refractivity contribution < 1.29 is 4.74 Å². The van der Waals surface area contributed by atoms with E-state index in [1.807, 2.05) is 24.3 Å². The second-order valence-corrected chi connectivity index (χ2v) is 3.68. The molecule has 0 unspecified atom stereocenters. The van der Waals surface area contributed by atoms with Crippen LogP contribution < -0.4 is 4.74 Å². The summed E-state index contributed by atoms with van der Waals surface area (Å²) in [6, 6.07) is 10.1. The summed E-state index contributed by atoms with van der Waals surface area (Å²) in [6.07, 6.45) is 0.